The third-order valence-electron chi connectivity index (χ3n) is 4.81. The molecule has 0 aromatic heterocycles. The van der Waals surface area contributed by atoms with Crippen molar-refractivity contribution in [1.29, 1.82) is 0 Å². The predicted octanol–water partition coefficient (Wildman–Crippen LogP) is 2.82. The molecule has 142 valence electrons. The molecule has 1 aromatic carbocycles. The molecule has 1 aromatic rings. The lowest BCUT2D eigenvalue weighted by Crippen LogP contribution is -2.35. The number of aliphatic hydroxyl groups excluding tert-OH is 1. The predicted molar refractivity (Wildman–Crippen MR) is 101 cm³/mol. The Hall–Kier alpha value is -1.98. The SMILES string of the molecule is O=C(O)CCCC=CC[C@H]1C(=O)CCN1CCC(O)Cc1ccccc1. The van der Waals surface area contributed by atoms with E-state index in [0.717, 1.165) is 25.1 Å². The van der Waals surface area contributed by atoms with Gasteiger partial charge in [-0.3, -0.25) is 14.5 Å². The van der Waals surface area contributed by atoms with Crippen molar-refractivity contribution in [2.24, 2.45) is 0 Å². The first kappa shape index (κ1) is 20.3. The summed E-state index contributed by atoms with van der Waals surface area (Å²) in [5.41, 5.74) is 1.12. The van der Waals surface area contributed by atoms with E-state index in [9.17, 15) is 14.7 Å². The molecule has 2 N–H and O–H groups in total. The molecular formula is C21H29NO4. The van der Waals surface area contributed by atoms with Crippen LogP contribution < -0.4 is 0 Å². The van der Waals surface area contributed by atoms with E-state index in [0.29, 0.717) is 32.1 Å². The summed E-state index contributed by atoms with van der Waals surface area (Å²) in [4.78, 5) is 24.8. The largest absolute Gasteiger partial charge is 0.481 e. The van der Waals surface area contributed by atoms with Crippen molar-refractivity contribution >= 4 is 11.8 Å². The Kier molecular flexibility index (Phi) is 8.51. The summed E-state index contributed by atoms with van der Waals surface area (Å²) in [5, 5.41) is 18.9. The van der Waals surface area contributed by atoms with Crippen LogP contribution in [-0.2, 0) is 16.0 Å². The summed E-state index contributed by atoms with van der Waals surface area (Å²) in [6.45, 7) is 1.48. The monoisotopic (exact) mass is 359 g/mol. The Labute approximate surface area is 155 Å². The van der Waals surface area contributed by atoms with Crippen LogP contribution in [0.5, 0.6) is 0 Å². The second-order valence-electron chi connectivity index (χ2n) is 6.89. The smallest absolute Gasteiger partial charge is 0.303 e. The normalized spacial score (nSPS) is 19.3. The maximum Gasteiger partial charge on any atom is 0.303 e. The maximum absolute atomic E-state index is 12.1. The van der Waals surface area contributed by atoms with Crippen LogP contribution in [0.1, 0.15) is 44.1 Å². The molecule has 0 saturated carbocycles. The van der Waals surface area contributed by atoms with Crippen LogP contribution >= 0.6 is 0 Å². The second-order valence-corrected chi connectivity index (χ2v) is 6.89. The molecule has 1 aliphatic rings. The number of carboxylic acids is 1. The van der Waals surface area contributed by atoms with Crippen molar-refractivity contribution < 1.29 is 19.8 Å². The highest BCUT2D eigenvalue weighted by Crippen LogP contribution is 2.19. The average Bonchev–Trinajstić information content (AvgIpc) is 2.97. The number of unbranched alkanes of at least 4 members (excludes halogenated alkanes) is 1. The molecule has 5 nitrogen and oxygen atoms in total. The number of carboxylic acid groups (broad SMARTS) is 1. The van der Waals surface area contributed by atoms with E-state index < -0.39 is 12.1 Å². The molecule has 1 unspecified atom stereocenters. The molecular weight excluding hydrogens is 330 g/mol. The van der Waals surface area contributed by atoms with Gasteiger partial charge < -0.3 is 10.2 Å². The topological polar surface area (TPSA) is 77.8 Å². The molecule has 1 aliphatic heterocycles. The van der Waals surface area contributed by atoms with Crippen LogP contribution in [-0.4, -0.2) is 52.1 Å². The van der Waals surface area contributed by atoms with Gasteiger partial charge in [0.15, 0.2) is 5.78 Å². The van der Waals surface area contributed by atoms with E-state index in [1.54, 1.807) is 0 Å². The zero-order valence-electron chi connectivity index (χ0n) is 15.2. The van der Waals surface area contributed by atoms with Crippen molar-refractivity contribution in [3.63, 3.8) is 0 Å². The van der Waals surface area contributed by atoms with Crippen molar-refractivity contribution in [3.8, 4) is 0 Å². The quantitative estimate of drug-likeness (QED) is 0.469. The van der Waals surface area contributed by atoms with E-state index in [-0.39, 0.29) is 18.2 Å². The van der Waals surface area contributed by atoms with Gasteiger partial charge in [-0.2, -0.15) is 0 Å². The average molecular weight is 359 g/mol. The number of likely N-dealkylation sites (tertiary alicyclic amines) is 1. The highest BCUT2D eigenvalue weighted by molar-refractivity contribution is 5.86. The zero-order valence-corrected chi connectivity index (χ0v) is 15.2. The standard InChI is InChI=1S/C21H29NO4/c23-18(16-17-8-4-3-5-9-17)12-14-22-15-13-20(24)19(22)10-6-1-2-7-11-21(25)26/h1,3-6,8-9,18-19,23H,2,7,10-16H2,(H,25,26)/t18?,19-/m0/s1. The van der Waals surface area contributed by atoms with Gasteiger partial charge in [-0.05, 0) is 37.7 Å². The van der Waals surface area contributed by atoms with E-state index >= 15 is 0 Å². The maximum atomic E-state index is 12.1. The molecule has 2 rings (SSSR count). The summed E-state index contributed by atoms with van der Waals surface area (Å²) < 4.78 is 0. The van der Waals surface area contributed by atoms with Crippen LogP contribution in [0, 0.1) is 0 Å². The molecule has 1 fully saturated rings. The highest BCUT2D eigenvalue weighted by Gasteiger charge is 2.31. The number of hydrogen-bond acceptors (Lipinski definition) is 4. The number of rotatable bonds is 11. The lowest BCUT2D eigenvalue weighted by molar-refractivity contribution is -0.137. The van der Waals surface area contributed by atoms with E-state index in [1.807, 2.05) is 42.5 Å². The molecule has 1 saturated heterocycles. The number of hydrogen-bond donors (Lipinski definition) is 2. The summed E-state index contributed by atoms with van der Waals surface area (Å²) in [6.07, 6.45) is 7.62. The summed E-state index contributed by atoms with van der Waals surface area (Å²) in [7, 11) is 0. The fourth-order valence-corrected chi connectivity index (χ4v) is 3.35. The Morgan fingerprint density at radius 3 is 2.77 bits per heavy atom. The first-order chi connectivity index (χ1) is 12.6. The van der Waals surface area contributed by atoms with Gasteiger partial charge in [0, 0.05) is 25.9 Å². The molecule has 0 spiro atoms. The third kappa shape index (κ3) is 7.10. The van der Waals surface area contributed by atoms with Gasteiger partial charge in [0.05, 0.1) is 12.1 Å². The van der Waals surface area contributed by atoms with Crippen molar-refractivity contribution in [1.82, 2.24) is 4.90 Å². The van der Waals surface area contributed by atoms with Crippen LogP contribution in [0.3, 0.4) is 0 Å². The summed E-state index contributed by atoms with van der Waals surface area (Å²) in [6, 6.07) is 9.83. The third-order valence-corrected chi connectivity index (χ3v) is 4.81. The summed E-state index contributed by atoms with van der Waals surface area (Å²) in [5.74, 6) is -0.512. The molecule has 0 aliphatic carbocycles. The van der Waals surface area contributed by atoms with Gasteiger partial charge in [0.2, 0.25) is 0 Å². The minimum absolute atomic E-state index is 0.102. The van der Waals surface area contributed by atoms with E-state index in [4.69, 9.17) is 5.11 Å². The number of Topliss-reactive ketones (excluding diaryl/α,β-unsaturated/α-hetero) is 1. The van der Waals surface area contributed by atoms with Crippen LogP contribution in [0.2, 0.25) is 0 Å². The number of allylic oxidation sites excluding steroid dienone is 1. The zero-order chi connectivity index (χ0) is 18.8. The molecule has 1 heterocycles. The van der Waals surface area contributed by atoms with Crippen molar-refractivity contribution in [3.05, 3.63) is 48.0 Å². The number of nitrogens with zero attached hydrogens (tertiary/aromatic N) is 1. The van der Waals surface area contributed by atoms with Gasteiger partial charge >= 0.3 is 5.97 Å². The minimum Gasteiger partial charge on any atom is -0.481 e. The lowest BCUT2D eigenvalue weighted by atomic mass is 10.0. The minimum atomic E-state index is -0.774. The Morgan fingerprint density at radius 1 is 1.27 bits per heavy atom. The van der Waals surface area contributed by atoms with Crippen LogP contribution in [0.25, 0.3) is 0 Å². The van der Waals surface area contributed by atoms with Gasteiger partial charge in [-0.1, -0.05) is 42.5 Å². The molecule has 0 radical (unpaired) electrons. The Bertz CT molecular complexity index is 599. The fourth-order valence-electron chi connectivity index (χ4n) is 3.35. The number of benzene rings is 1. The molecule has 2 atom stereocenters. The van der Waals surface area contributed by atoms with Gasteiger partial charge in [0.1, 0.15) is 0 Å². The summed E-state index contributed by atoms with van der Waals surface area (Å²) >= 11 is 0. The van der Waals surface area contributed by atoms with Crippen molar-refractivity contribution in [2.75, 3.05) is 13.1 Å². The van der Waals surface area contributed by atoms with Crippen LogP contribution in [0.15, 0.2) is 42.5 Å². The van der Waals surface area contributed by atoms with Gasteiger partial charge in [-0.25, -0.2) is 0 Å². The highest BCUT2D eigenvalue weighted by atomic mass is 16.4. The molecule has 0 bridgehead atoms. The van der Waals surface area contributed by atoms with E-state index in [1.165, 1.54) is 0 Å². The first-order valence-electron chi connectivity index (χ1n) is 9.42. The van der Waals surface area contributed by atoms with Gasteiger partial charge in [-0.15, -0.1) is 0 Å². The van der Waals surface area contributed by atoms with Crippen molar-refractivity contribution in [2.45, 2.75) is 57.1 Å². The number of carbonyl (C=O) groups is 2. The Balaban J connectivity index is 1.72. The molecule has 0 amide bonds. The first-order valence-corrected chi connectivity index (χ1v) is 9.42. The molecule has 5 heteroatoms. The number of aliphatic hydroxyl groups is 1. The van der Waals surface area contributed by atoms with Crippen LogP contribution in [0.4, 0.5) is 0 Å². The fraction of sp³-hybridized carbons (Fsp3) is 0.524. The van der Waals surface area contributed by atoms with E-state index in [2.05, 4.69) is 4.90 Å². The van der Waals surface area contributed by atoms with Gasteiger partial charge in [0.25, 0.3) is 0 Å². The Morgan fingerprint density at radius 2 is 2.04 bits per heavy atom. The number of ketones is 1. The molecule has 26 heavy (non-hydrogen) atoms. The number of aliphatic carboxylic acids is 1. The number of carbonyl (C=O) groups excluding carboxylic acids is 1. The lowest BCUT2D eigenvalue weighted by Gasteiger charge is -2.23. The second kappa shape index (κ2) is 10.9.